The van der Waals surface area contributed by atoms with Gasteiger partial charge in [-0.3, -0.25) is 4.79 Å². The number of anilines is 1. The maximum atomic E-state index is 13.5. The van der Waals surface area contributed by atoms with Gasteiger partial charge < -0.3 is 15.2 Å². The molecule has 0 spiro atoms. The van der Waals surface area contributed by atoms with Crippen molar-refractivity contribution in [1.29, 1.82) is 0 Å². The van der Waals surface area contributed by atoms with E-state index in [9.17, 15) is 14.0 Å². The molecule has 2 aromatic carbocycles. The first-order chi connectivity index (χ1) is 15.4. The number of pyridine rings is 1. The van der Waals surface area contributed by atoms with Crippen LogP contribution in [0.25, 0.3) is 10.8 Å². The van der Waals surface area contributed by atoms with Crippen LogP contribution in [0.1, 0.15) is 24.1 Å². The van der Waals surface area contributed by atoms with E-state index in [1.54, 1.807) is 35.6 Å². The standard InChI is InChI=1S/C23H19ClFN5O2/c1-14(19-11-28-22(31)18-5-3-2-4-17(18)19)30(12-15-9-26-13-27-10-15)23(32)29-16-6-7-21(25)20(24)8-16/h2-11,13-14H,12H2,1H3,(H,28,31)(H,29,32)/t14-/m0/s1. The number of amides is 2. The van der Waals surface area contributed by atoms with Crippen LogP contribution in [-0.4, -0.2) is 25.9 Å². The predicted octanol–water partition coefficient (Wildman–Crippen LogP) is 4.91. The zero-order valence-electron chi connectivity index (χ0n) is 17.0. The number of fused-ring (bicyclic) bond motifs is 1. The van der Waals surface area contributed by atoms with Gasteiger partial charge in [-0.1, -0.05) is 29.8 Å². The largest absolute Gasteiger partial charge is 0.328 e. The SMILES string of the molecule is C[C@@H](c1c[nH]c(=O)c2ccccc12)N(Cc1cncnc1)C(=O)Nc1ccc(F)c(Cl)c1. The van der Waals surface area contributed by atoms with Crippen LogP contribution in [0, 0.1) is 5.82 Å². The van der Waals surface area contributed by atoms with Crippen LogP contribution in [0.5, 0.6) is 0 Å². The molecule has 0 fully saturated rings. The molecule has 0 unspecified atom stereocenters. The average Bonchev–Trinajstić information content (AvgIpc) is 2.80. The second-order valence-electron chi connectivity index (χ2n) is 7.23. The van der Waals surface area contributed by atoms with E-state index in [1.165, 1.54) is 24.5 Å². The zero-order valence-corrected chi connectivity index (χ0v) is 17.8. The van der Waals surface area contributed by atoms with Gasteiger partial charge in [0.25, 0.3) is 5.56 Å². The van der Waals surface area contributed by atoms with Crippen molar-refractivity contribution in [1.82, 2.24) is 19.9 Å². The first-order valence-corrected chi connectivity index (χ1v) is 10.2. The van der Waals surface area contributed by atoms with Gasteiger partial charge in [-0.2, -0.15) is 0 Å². The van der Waals surface area contributed by atoms with Gasteiger partial charge in [0.2, 0.25) is 0 Å². The van der Waals surface area contributed by atoms with Gasteiger partial charge in [0, 0.05) is 35.2 Å². The molecule has 4 aromatic rings. The number of benzene rings is 2. The van der Waals surface area contributed by atoms with Gasteiger partial charge >= 0.3 is 6.03 Å². The number of hydrogen-bond acceptors (Lipinski definition) is 4. The maximum Gasteiger partial charge on any atom is 0.322 e. The van der Waals surface area contributed by atoms with Crippen LogP contribution in [0.2, 0.25) is 5.02 Å². The molecule has 7 nitrogen and oxygen atoms in total. The van der Waals surface area contributed by atoms with Gasteiger partial charge in [-0.25, -0.2) is 19.2 Å². The van der Waals surface area contributed by atoms with Gasteiger partial charge in [-0.15, -0.1) is 0 Å². The Hall–Kier alpha value is -3.78. The summed E-state index contributed by atoms with van der Waals surface area (Å²) in [6.07, 6.45) is 6.28. The molecule has 162 valence electrons. The van der Waals surface area contributed by atoms with Crippen molar-refractivity contribution in [3.63, 3.8) is 0 Å². The number of aromatic amines is 1. The minimum atomic E-state index is -0.573. The molecule has 2 aromatic heterocycles. The van der Waals surface area contributed by atoms with Gasteiger partial charge in [0.15, 0.2) is 0 Å². The summed E-state index contributed by atoms with van der Waals surface area (Å²) < 4.78 is 13.5. The Bertz CT molecular complexity index is 1330. The first-order valence-electron chi connectivity index (χ1n) is 9.81. The van der Waals surface area contributed by atoms with Gasteiger partial charge in [0.05, 0.1) is 17.6 Å². The van der Waals surface area contributed by atoms with Crippen molar-refractivity contribution >= 4 is 34.1 Å². The van der Waals surface area contributed by atoms with Gasteiger partial charge in [-0.05, 0) is 42.1 Å². The zero-order chi connectivity index (χ0) is 22.7. The van der Waals surface area contributed by atoms with Crippen molar-refractivity contribution in [3.05, 3.63) is 99.7 Å². The minimum absolute atomic E-state index is 0.0921. The number of nitrogens with zero attached hydrogens (tertiary/aromatic N) is 3. The van der Waals surface area contributed by atoms with Crippen molar-refractivity contribution in [2.24, 2.45) is 0 Å². The van der Waals surface area contributed by atoms with Crippen LogP contribution < -0.4 is 10.9 Å². The molecule has 2 heterocycles. The van der Waals surface area contributed by atoms with E-state index in [0.717, 1.165) is 16.5 Å². The molecule has 1 atom stereocenters. The minimum Gasteiger partial charge on any atom is -0.328 e. The highest BCUT2D eigenvalue weighted by atomic mass is 35.5. The number of carbonyl (C=O) groups excluding carboxylic acids is 1. The Kier molecular flexibility index (Phi) is 6.13. The second kappa shape index (κ2) is 9.15. The highest BCUT2D eigenvalue weighted by molar-refractivity contribution is 6.31. The fraction of sp³-hybridized carbons (Fsp3) is 0.130. The van der Waals surface area contributed by atoms with E-state index in [0.29, 0.717) is 11.1 Å². The van der Waals surface area contributed by atoms with Crippen LogP contribution in [0.4, 0.5) is 14.9 Å². The van der Waals surface area contributed by atoms with E-state index in [4.69, 9.17) is 11.6 Å². The number of carbonyl (C=O) groups is 1. The summed E-state index contributed by atoms with van der Waals surface area (Å²) in [6.45, 7) is 2.07. The number of urea groups is 1. The lowest BCUT2D eigenvalue weighted by Gasteiger charge is -2.30. The lowest BCUT2D eigenvalue weighted by Crippen LogP contribution is -2.37. The summed E-state index contributed by atoms with van der Waals surface area (Å²) in [7, 11) is 0. The molecule has 2 N–H and O–H groups in total. The number of halogens is 2. The summed E-state index contributed by atoms with van der Waals surface area (Å²) in [5.41, 5.74) is 1.64. The van der Waals surface area contributed by atoms with Gasteiger partial charge in [0.1, 0.15) is 12.1 Å². The highest BCUT2D eigenvalue weighted by Crippen LogP contribution is 2.28. The third kappa shape index (κ3) is 4.45. The fourth-order valence-electron chi connectivity index (χ4n) is 3.51. The van der Waals surface area contributed by atoms with Crippen LogP contribution in [0.3, 0.4) is 0 Å². The Balaban J connectivity index is 1.72. The van der Waals surface area contributed by atoms with Crippen LogP contribution >= 0.6 is 11.6 Å². The molecule has 4 rings (SSSR count). The molecule has 0 radical (unpaired) electrons. The summed E-state index contributed by atoms with van der Waals surface area (Å²) in [6, 6.07) is 10.3. The smallest absolute Gasteiger partial charge is 0.322 e. The Morgan fingerprint density at radius 3 is 2.62 bits per heavy atom. The monoisotopic (exact) mass is 451 g/mol. The Morgan fingerprint density at radius 2 is 1.91 bits per heavy atom. The van der Waals surface area contributed by atoms with E-state index in [-0.39, 0.29) is 17.1 Å². The van der Waals surface area contributed by atoms with E-state index in [2.05, 4.69) is 20.3 Å². The van der Waals surface area contributed by atoms with E-state index < -0.39 is 17.9 Å². The lowest BCUT2D eigenvalue weighted by molar-refractivity contribution is 0.189. The summed E-state index contributed by atoms with van der Waals surface area (Å²) in [4.78, 5) is 37.9. The third-order valence-electron chi connectivity index (χ3n) is 5.16. The van der Waals surface area contributed by atoms with Crippen molar-refractivity contribution in [2.75, 3.05) is 5.32 Å². The molecule has 32 heavy (non-hydrogen) atoms. The molecule has 0 saturated heterocycles. The fourth-order valence-corrected chi connectivity index (χ4v) is 3.69. The summed E-state index contributed by atoms with van der Waals surface area (Å²) in [5.74, 6) is -0.573. The molecule has 0 aliphatic carbocycles. The summed E-state index contributed by atoms with van der Waals surface area (Å²) in [5, 5.41) is 3.95. The molecule has 9 heteroatoms. The third-order valence-corrected chi connectivity index (χ3v) is 5.45. The topological polar surface area (TPSA) is 91.0 Å². The molecule has 2 amide bonds. The molecule has 0 aliphatic rings. The van der Waals surface area contributed by atoms with Crippen LogP contribution in [0.15, 0.2) is 72.2 Å². The quantitative estimate of drug-likeness (QED) is 0.451. The Morgan fingerprint density at radius 1 is 1.19 bits per heavy atom. The average molecular weight is 452 g/mol. The number of aromatic nitrogens is 3. The maximum absolute atomic E-state index is 13.5. The second-order valence-corrected chi connectivity index (χ2v) is 7.64. The number of rotatable bonds is 5. The molecular formula is C23H19ClFN5O2. The first kappa shape index (κ1) is 21.5. The van der Waals surface area contributed by atoms with E-state index in [1.807, 2.05) is 19.1 Å². The molecule has 0 aliphatic heterocycles. The lowest BCUT2D eigenvalue weighted by atomic mass is 10.0. The number of nitrogens with one attached hydrogen (secondary N) is 2. The van der Waals surface area contributed by atoms with Crippen molar-refractivity contribution in [3.8, 4) is 0 Å². The molecule has 0 saturated carbocycles. The predicted molar refractivity (Wildman–Crippen MR) is 121 cm³/mol. The molecule has 0 bridgehead atoms. The normalized spacial score (nSPS) is 11.8. The summed E-state index contributed by atoms with van der Waals surface area (Å²) >= 11 is 5.86. The van der Waals surface area contributed by atoms with Crippen molar-refractivity contribution < 1.29 is 9.18 Å². The highest BCUT2D eigenvalue weighted by Gasteiger charge is 2.24. The molecular weight excluding hydrogens is 433 g/mol. The van der Waals surface area contributed by atoms with Crippen molar-refractivity contribution in [2.45, 2.75) is 19.5 Å². The Labute approximate surface area is 187 Å². The van der Waals surface area contributed by atoms with E-state index >= 15 is 0 Å². The number of hydrogen-bond donors (Lipinski definition) is 2. The number of H-pyrrole nitrogens is 1. The van der Waals surface area contributed by atoms with Crippen LogP contribution in [-0.2, 0) is 6.54 Å².